The summed E-state index contributed by atoms with van der Waals surface area (Å²) in [6.45, 7) is 3.44. The fourth-order valence-electron chi connectivity index (χ4n) is 1.29. The number of carbonyl (C=O) groups is 1. The van der Waals surface area contributed by atoms with Gasteiger partial charge in [-0.05, 0) is 26.0 Å². The van der Waals surface area contributed by atoms with Crippen LogP contribution in [-0.2, 0) is 0 Å². The van der Waals surface area contributed by atoms with Gasteiger partial charge in [0.25, 0.3) is 0 Å². The second-order valence-corrected chi connectivity index (χ2v) is 3.55. The maximum Gasteiger partial charge on any atom is 0.189 e. The van der Waals surface area contributed by atoms with Crippen LogP contribution in [0.5, 0.6) is 5.75 Å². The van der Waals surface area contributed by atoms with E-state index < -0.39 is 17.4 Å². The topological polar surface area (TPSA) is 26.3 Å². The average Bonchev–Trinajstić information content (AvgIpc) is 2.15. The Hall–Kier alpha value is -1.71. The first kappa shape index (κ1) is 12.4. The molecule has 0 aliphatic rings. The molecule has 2 nitrogen and oxygen atoms in total. The van der Waals surface area contributed by atoms with E-state index in [1.165, 1.54) is 13.2 Å². The Morgan fingerprint density at radius 2 is 1.94 bits per heavy atom. The van der Waals surface area contributed by atoms with E-state index >= 15 is 0 Å². The Bertz CT molecular complexity index is 447. The number of rotatable bonds is 3. The third-order valence-electron chi connectivity index (χ3n) is 1.90. The van der Waals surface area contributed by atoms with Crippen molar-refractivity contribution in [1.29, 1.82) is 0 Å². The fourth-order valence-corrected chi connectivity index (χ4v) is 1.29. The summed E-state index contributed by atoms with van der Waals surface area (Å²) in [6.07, 6.45) is 1.30. The molecule has 0 aromatic heterocycles. The van der Waals surface area contributed by atoms with Crippen molar-refractivity contribution in [1.82, 2.24) is 0 Å². The van der Waals surface area contributed by atoms with E-state index in [0.717, 1.165) is 11.6 Å². The number of ketones is 1. The second kappa shape index (κ2) is 4.88. The Morgan fingerprint density at radius 1 is 1.31 bits per heavy atom. The predicted molar refractivity (Wildman–Crippen MR) is 56.7 cm³/mol. The molecular formula is C12H12F2O2. The largest absolute Gasteiger partial charge is 0.493 e. The molecule has 1 aromatic carbocycles. The van der Waals surface area contributed by atoms with Crippen LogP contribution in [0.3, 0.4) is 0 Å². The zero-order valence-electron chi connectivity index (χ0n) is 9.30. The molecule has 0 radical (unpaired) electrons. The maximum atomic E-state index is 13.3. The predicted octanol–water partition coefficient (Wildman–Crippen LogP) is 3.12. The third kappa shape index (κ3) is 2.66. The molecule has 0 fully saturated rings. The number of benzene rings is 1. The molecule has 0 aliphatic heterocycles. The summed E-state index contributed by atoms with van der Waals surface area (Å²) in [7, 11) is 1.23. The summed E-state index contributed by atoms with van der Waals surface area (Å²) in [5.74, 6) is -2.39. The number of hydrogen-bond acceptors (Lipinski definition) is 2. The lowest BCUT2D eigenvalue weighted by molar-refractivity contribution is 0.104. The molecule has 1 aromatic rings. The van der Waals surface area contributed by atoms with Crippen LogP contribution in [0.1, 0.15) is 24.2 Å². The summed E-state index contributed by atoms with van der Waals surface area (Å²) in [5.41, 5.74) is 0.637. The van der Waals surface area contributed by atoms with Gasteiger partial charge in [0.15, 0.2) is 17.3 Å². The van der Waals surface area contributed by atoms with Crippen molar-refractivity contribution in [3.8, 4) is 5.75 Å². The molecule has 0 bridgehead atoms. The van der Waals surface area contributed by atoms with Crippen molar-refractivity contribution in [3.63, 3.8) is 0 Å². The number of allylic oxidation sites excluding steroid dienone is 2. The smallest absolute Gasteiger partial charge is 0.189 e. The highest BCUT2D eigenvalue weighted by Crippen LogP contribution is 2.24. The van der Waals surface area contributed by atoms with Gasteiger partial charge in [0.2, 0.25) is 0 Å². The zero-order chi connectivity index (χ0) is 12.3. The number of halogens is 2. The third-order valence-corrected chi connectivity index (χ3v) is 1.90. The number of carbonyl (C=O) groups excluding carboxylic acids is 1. The van der Waals surface area contributed by atoms with Crippen LogP contribution in [0.25, 0.3) is 0 Å². The van der Waals surface area contributed by atoms with E-state index in [-0.39, 0.29) is 11.3 Å². The van der Waals surface area contributed by atoms with Gasteiger partial charge >= 0.3 is 0 Å². The van der Waals surface area contributed by atoms with Crippen LogP contribution in [0, 0.1) is 11.6 Å². The number of methoxy groups -OCH3 is 1. The van der Waals surface area contributed by atoms with Crippen molar-refractivity contribution in [2.24, 2.45) is 0 Å². The van der Waals surface area contributed by atoms with Gasteiger partial charge in [0.1, 0.15) is 5.82 Å². The lowest BCUT2D eigenvalue weighted by Crippen LogP contribution is -2.03. The molecule has 0 aliphatic carbocycles. The van der Waals surface area contributed by atoms with Gasteiger partial charge in [-0.25, -0.2) is 8.78 Å². The summed E-state index contributed by atoms with van der Waals surface area (Å²) in [5, 5.41) is 0. The Kier molecular flexibility index (Phi) is 3.77. The molecule has 1 rings (SSSR count). The van der Waals surface area contributed by atoms with Crippen LogP contribution in [0.4, 0.5) is 8.78 Å². The SMILES string of the molecule is COc1c(F)cc(F)cc1C(=O)C=C(C)C. The Morgan fingerprint density at radius 3 is 2.44 bits per heavy atom. The molecule has 0 N–H and O–H groups in total. The second-order valence-electron chi connectivity index (χ2n) is 3.55. The molecule has 16 heavy (non-hydrogen) atoms. The molecule has 0 heterocycles. The minimum Gasteiger partial charge on any atom is -0.493 e. The van der Waals surface area contributed by atoms with Gasteiger partial charge in [-0.2, -0.15) is 0 Å². The lowest BCUT2D eigenvalue weighted by atomic mass is 10.1. The summed E-state index contributed by atoms with van der Waals surface area (Å²) >= 11 is 0. The van der Waals surface area contributed by atoms with Crippen LogP contribution in [0.15, 0.2) is 23.8 Å². The maximum absolute atomic E-state index is 13.3. The van der Waals surface area contributed by atoms with Gasteiger partial charge < -0.3 is 4.74 Å². The molecule has 0 saturated heterocycles. The molecule has 0 unspecified atom stereocenters. The Balaban J connectivity index is 3.32. The molecule has 4 heteroatoms. The molecule has 0 atom stereocenters. The summed E-state index contributed by atoms with van der Waals surface area (Å²) < 4.78 is 31.0. The van der Waals surface area contributed by atoms with E-state index in [9.17, 15) is 13.6 Å². The minimum atomic E-state index is -0.881. The summed E-state index contributed by atoms with van der Waals surface area (Å²) in [6, 6.07) is 1.64. The molecule has 0 amide bonds. The van der Waals surface area contributed by atoms with Gasteiger partial charge in [-0.15, -0.1) is 0 Å². The quantitative estimate of drug-likeness (QED) is 0.584. The summed E-state index contributed by atoms with van der Waals surface area (Å²) in [4.78, 5) is 11.6. The van der Waals surface area contributed by atoms with Crippen molar-refractivity contribution in [3.05, 3.63) is 41.0 Å². The first-order valence-corrected chi connectivity index (χ1v) is 4.68. The normalized spacial score (nSPS) is 9.81. The average molecular weight is 226 g/mol. The molecular weight excluding hydrogens is 214 g/mol. The first-order valence-electron chi connectivity index (χ1n) is 4.68. The van der Waals surface area contributed by atoms with Gasteiger partial charge in [-0.1, -0.05) is 5.57 Å². The Labute approximate surface area is 92.5 Å². The highest BCUT2D eigenvalue weighted by Gasteiger charge is 2.16. The van der Waals surface area contributed by atoms with Gasteiger partial charge in [-0.3, -0.25) is 4.79 Å². The van der Waals surface area contributed by atoms with E-state index in [1.54, 1.807) is 13.8 Å². The number of hydrogen-bond donors (Lipinski definition) is 0. The van der Waals surface area contributed by atoms with Gasteiger partial charge in [0, 0.05) is 6.07 Å². The van der Waals surface area contributed by atoms with Gasteiger partial charge in [0.05, 0.1) is 12.7 Å². The van der Waals surface area contributed by atoms with Crippen molar-refractivity contribution in [2.45, 2.75) is 13.8 Å². The highest BCUT2D eigenvalue weighted by molar-refractivity contribution is 6.06. The van der Waals surface area contributed by atoms with E-state index in [2.05, 4.69) is 0 Å². The minimum absolute atomic E-state index is 0.110. The zero-order valence-corrected chi connectivity index (χ0v) is 9.30. The van der Waals surface area contributed by atoms with E-state index in [4.69, 9.17) is 4.74 Å². The number of ether oxygens (including phenoxy) is 1. The van der Waals surface area contributed by atoms with E-state index in [0.29, 0.717) is 6.07 Å². The fraction of sp³-hybridized carbons (Fsp3) is 0.250. The van der Waals surface area contributed by atoms with Crippen LogP contribution in [-0.4, -0.2) is 12.9 Å². The van der Waals surface area contributed by atoms with Crippen LogP contribution < -0.4 is 4.74 Å². The highest BCUT2D eigenvalue weighted by atomic mass is 19.1. The van der Waals surface area contributed by atoms with Crippen molar-refractivity contribution >= 4 is 5.78 Å². The molecule has 0 saturated carbocycles. The first-order chi connectivity index (χ1) is 7.45. The van der Waals surface area contributed by atoms with Crippen molar-refractivity contribution < 1.29 is 18.3 Å². The van der Waals surface area contributed by atoms with Crippen LogP contribution >= 0.6 is 0 Å². The molecule has 0 spiro atoms. The van der Waals surface area contributed by atoms with Crippen LogP contribution in [0.2, 0.25) is 0 Å². The standard InChI is InChI=1S/C12H12F2O2/c1-7(2)4-11(15)9-5-8(13)6-10(14)12(9)16-3/h4-6H,1-3H3. The lowest BCUT2D eigenvalue weighted by Gasteiger charge is -2.07. The monoisotopic (exact) mass is 226 g/mol. The van der Waals surface area contributed by atoms with Crippen molar-refractivity contribution in [2.75, 3.05) is 7.11 Å². The van der Waals surface area contributed by atoms with E-state index in [1.807, 2.05) is 0 Å². The molecule has 86 valence electrons.